The van der Waals surface area contributed by atoms with Gasteiger partial charge in [-0.2, -0.15) is 5.26 Å². The van der Waals surface area contributed by atoms with Crippen molar-refractivity contribution in [3.63, 3.8) is 0 Å². The summed E-state index contributed by atoms with van der Waals surface area (Å²) in [7, 11) is 0. The molecule has 0 aliphatic rings. The van der Waals surface area contributed by atoms with E-state index in [2.05, 4.69) is 16.4 Å². The average molecular weight is 464 g/mol. The first-order valence-corrected chi connectivity index (χ1v) is 10.9. The molecule has 152 valence electrons. The highest BCUT2D eigenvalue weighted by Crippen LogP contribution is 2.31. The topological polar surface area (TPSA) is 57.9 Å². The second-order valence-corrected chi connectivity index (χ2v) is 8.09. The van der Waals surface area contributed by atoms with Crippen molar-refractivity contribution < 1.29 is 4.74 Å². The number of hydrogen-bond donors (Lipinski definition) is 1. The number of nitrogens with zero attached hydrogens (tertiary/aromatic N) is 2. The summed E-state index contributed by atoms with van der Waals surface area (Å²) in [6, 6.07) is 24.6. The van der Waals surface area contributed by atoms with Crippen molar-refractivity contribution in [3.05, 3.63) is 99.4 Å². The van der Waals surface area contributed by atoms with Crippen LogP contribution in [-0.4, -0.2) is 4.98 Å². The summed E-state index contributed by atoms with van der Waals surface area (Å²) in [6.07, 6.45) is 1.64. The maximum Gasteiger partial charge on any atom is 0.136 e. The number of rotatable bonds is 6. The Morgan fingerprint density at radius 2 is 1.71 bits per heavy atom. The fourth-order valence-electron chi connectivity index (χ4n) is 2.73. The molecule has 0 aliphatic carbocycles. The molecule has 0 amide bonds. The first kappa shape index (κ1) is 21.0. The van der Waals surface area contributed by atoms with Crippen molar-refractivity contribution in [1.29, 1.82) is 5.26 Å². The monoisotopic (exact) mass is 463 g/mol. The van der Waals surface area contributed by atoms with Gasteiger partial charge in [-0.05, 0) is 48.5 Å². The van der Waals surface area contributed by atoms with Crippen LogP contribution in [0.25, 0.3) is 16.8 Å². The number of hydrogen-bond acceptors (Lipinski definition) is 5. The molecule has 7 heteroatoms. The van der Waals surface area contributed by atoms with Crippen molar-refractivity contribution >= 4 is 45.8 Å². The van der Waals surface area contributed by atoms with Gasteiger partial charge >= 0.3 is 0 Å². The quantitative estimate of drug-likeness (QED) is 0.295. The van der Waals surface area contributed by atoms with Gasteiger partial charge in [-0.25, -0.2) is 4.98 Å². The molecule has 0 bridgehead atoms. The van der Waals surface area contributed by atoms with Crippen molar-refractivity contribution in [2.75, 3.05) is 5.32 Å². The lowest BCUT2D eigenvalue weighted by molar-refractivity contribution is 0.483. The zero-order chi connectivity index (χ0) is 21.6. The predicted octanol–water partition coefficient (Wildman–Crippen LogP) is 7.89. The summed E-state index contributed by atoms with van der Waals surface area (Å²) in [5.41, 5.74) is 2.84. The highest BCUT2D eigenvalue weighted by atomic mass is 35.5. The van der Waals surface area contributed by atoms with Gasteiger partial charge in [-0.3, -0.25) is 0 Å². The Hall–Kier alpha value is -3.30. The van der Waals surface area contributed by atoms with E-state index in [0.717, 1.165) is 28.4 Å². The molecule has 1 N–H and O–H groups in total. The zero-order valence-electron chi connectivity index (χ0n) is 16.0. The molecule has 0 saturated heterocycles. The lowest BCUT2D eigenvalue weighted by Crippen LogP contribution is -1.91. The highest BCUT2D eigenvalue weighted by molar-refractivity contribution is 7.11. The summed E-state index contributed by atoms with van der Waals surface area (Å²) in [4.78, 5) is 4.56. The number of allylic oxidation sites excluding steroid dienone is 1. The number of nitrogens with one attached hydrogen (secondary N) is 1. The number of halogens is 2. The molecule has 0 saturated carbocycles. The Morgan fingerprint density at radius 1 is 0.968 bits per heavy atom. The molecule has 1 heterocycles. The van der Waals surface area contributed by atoms with Crippen molar-refractivity contribution in [2.24, 2.45) is 0 Å². The Labute approximate surface area is 194 Å². The van der Waals surface area contributed by atoms with E-state index in [1.54, 1.807) is 18.3 Å². The molecule has 0 fully saturated rings. The summed E-state index contributed by atoms with van der Waals surface area (Å²) < 4.78 is 5.79. The normalized spacial score (nSPS) is 11.1. The number of para-hydroxylation sites is 1. The van der Waals surface area contributed by atoms with Crippen LogP contribution in [0.5, 0.6) is 11.5 Å². The maximum absolute atomic E-state index is 9.58. The van der Waals surface area contributed by atoms with Gasteiger partial charge in [-0.1, -0.05) is 47.5 Å². The van der Waals surface area contributed by atoms with Crippen molar-refractivity contribution in [3.8, 4) is 28.8 Å². The van der Waals surface area contributed by atoms with Crippen LogP contribution in [0.3, 0.4) is 0 Å². The minimum Gasteiger partial charge on any atom is -0.457 e. The van der Waals surface area contributed by atoms with E-state index >= 15 is 0 Å². The third-order valence-corrected chi connectivity index (χ3v) is 5.90. The van der Waals surface area contributed by atoms with Crippen LogP contribution in [-0.2, 0) is 0 Å². The number of aromatic nitrogens is 1. The molecular weight excluding hydrogens is 449 g/mol. The first-order valence-electron chi connectivity index (χ1n) is 9.23. The van der Waals surface area contributed by atoms with E-state index in [9.17, 15) is 5.26 Å². The highest BCUT2D eigenvalue weighted by Gasteiger charge is 2.10. The number of thiazole rings is 1. The van der Waals surface area contributed by atoms with Gasteiger partial charge in [0.2, 0.25) is 0 Å². The number of anilines is 1. The third-order valence-electron chi connectivity index (χ3n) is 4.29. The third kappa shape index (κ3) is 5.25. The Morgan fingerprint density at radius 3 is 2.42 bits per heavy atom. The Balaban J connectivity index is 1.46. The molecule has 4 aromatic rings. The fraction of sp³-hybridized carbons (Fsp3) is 0. The minimum absolute atomic E-state index is 0.431. The van der Waals surface area contributed by atoms with Crippen LogP contribution >= 0.6 is 34.5 Å². The van der Waals surface area contributed by atoms with Crippen LogP contribution in [0.1, 0.15) is 5.01 Å². The maximum atomic E-state index is 9.58. The standard InChI is InChI=1S/C24H15Cl2N3OS/c25-21-11-6-16(12-22(21)26)23-15-31-24(29-23)17(13-27)14-28-18-7-9-20(10-8-18)30-19-4-2-1-3-5-19/h1-12,14-15,28H. The van der Waals surface area contributed by atoms with Gasteiger partial charge in [0.25, 0.3) is 0 Å². The molecule has 0 unspecified atom stereocenters. The van der Waals surface area contributed by atoms with E-state index in [4.69, 9.17) is 27.9 Å². The largest absolute Gasteiger partial charge is 0.457 e. The van der Waals surface area contributed by atoms with E-state index in [-0.39, 0.29) is 0 Å². The smallest absolute Gasteiger partial charge is 0.136 e. The molecule has 0 spiro atoms. The van der Waals surface area contributed by atoms with Gasteiger partial charge in [-0.15, -0.1) is 11.3 Å². The number of nitriles is 1. The zero-order valence-corrected chi connectivity index (χ0v) is 18.4. The van der Waals surface area contributed by atoms with Crippen LogP contribution in [0, 0.1) is 11.3 Å². The molecule has 0 aliphatic heterocycles. The van der Waals surface area contributed by atoms with Crippen LogP contribution in [0.15, 0.2) is 84.4 Å². The van der Waals surface area contributed by atoms with Gasteiger partial charge in [0.05, 0.1) is 15.7 Å². The lowest BCUT2D eigenvalue weighted by atomic mass is 10.2. The molecule has 31 heavy (non-hydrogen) atoms. The average Bonchev–Trinajstić information content (AvgIpc) is 3.28. The lowest BCUT2D eigenvalue weighted by Gasteiger charge is -2.07. The van der Waals surface area contributed by atoms with E-state index in [1.807, 2.05) is 66.0 Å². The minimum atomic E-state index is 0.431. The molecular formula is C24H15Cl2N3OS. The molecule has 3 aromatic carbocycles. The summed E-state index contributed by atoms with van der Waals surface area (Å²) in [6.45, 7) is 0. The van der Waals surface area contributed by atoms with Crippen molar-refractivity contribution in [1.82, 2.24) is 4.98 Å². The van der Waals surface area contributed by atoms with Gasteiger partial charge in [0, 0.05) is 22.8 Å². The summed E-state index contributed by atoms with van der Waals surface area (Å²) in [5.74, 6) is 1.50. The van der Waals surface area contributed by atoms with Crippen LogP contribution in [0.2, 0.25) is 10.0 Å². The van der Waals surface area contributed by atoms with E-state index < -0.39 is 0 Å². The summed E-state index contributed by atoms with van der Waals surface area (Å²) >= 11 is 13.5. The van der Waals surface area contributed by atoms with Crippen molar-refractivity contribution in [2.45, 2.75) is 0 Å². The predicted molar refractivity (Wildman–Crippen MR) is 128 cm³/mol. The summed E-state index contributed by atoms with van der Waals surface area (Å²) in [5, 5.41) is 16.2. The number of benzene rings is 3. The van der Waals surface area contributed by atoms with Gasteiger partial charge in [0.1, 0.15) is 28.1 Å². The van der Waals surface area contributed by atoms with E-state index in [1.165, 1.54) is 11.3 Å². The molecule has 1 aromatic heterocycles. The van der Waals surface area contributed by atoms with Gasteiger partial charge < -0.3 is 10.1 Å². The van der Waals surface area contributed by atoms with Crippen LogP contribution < -0.4 is 10.1 Å². The Kier molecular flexibility index (Phi) is 6.54. The SMILES string of the molecule is N#CC(=CNc1ccc(Oc2ccccc2)cc1)c1nc(-c2ccc(Cl)c(Cl)c2)cs1. The fourth-order valence-corrected chi connectivity index (χ4v) is 3.82. The molecule has 4 rings (SSSR count). The molecule has 4 nitrogen and oxygen atoms in total. The van der Waals surface area contributed by atoms with Crippen LogP contribution in [0.4, 0.5) is 5.69 Å². The van der Waals surface area contributed by atoms with E-state index in [0.29, 0.717) is 20.6 Å². The second-order valence-electron chi connectivity index (χ2n) is 6.42. The molecule has 0 atom stereocenters. The Bertz CT molecular complexity index is 1260. The first-order chi connectivity index (χ1) is 15.1. The van der Waals surface area contributed by atoms with Gasteiger partial charge in [0.15, 0.2) is 0 Å². The molecule has 0 radical (unpaired) electrons. The number of ether oxygens (including phenoxy) is 1. The second kappa shape index (κ2) is 9.67.